The minimum Gasteiger partial charge on any atom is -0.337 e. The highest BCUT2D eigenvalue weighted by Crippen LogP contribution is 2.15. The lowest BCUT2D eigenvalue weighted by Crippen LogP contribution is -2.43. The van der Waals surface area contributed by atoms with Gasteiger partial charge in [-0.15, -0.1) is 11.3 Å². The van der Waals surface area contributed by atoms with E-state index in [9.17, 15) is 14.4 Å². The van der Waals surface area contributed by atoms with Crippen molar-refractivity contribution in [3.8, 4) is 0 Å². The maximum Gasteiger partial charge on any atom is 0.325 e. The predicted molar refractivity (Wildman–Crippen MR) is 114 cm³/mol. The Kier molecular flexibility index (Phi) is 7.00. The average Bonchev–Trinajstić information content (AvgIpc) is 3.11. The molecule has 0 unspecified atom stereocenters. The van der Waals surface area contributed by atoms with Gasteiger partial charge in [-0.2, -0.15) is 0 Å². The van der Waals surface area contributed by atoms with Gasteiger partial charge in [0.25, 0.3) is 5.91 Å². The third-order valence-electron chi connectivity index (χ3n) is 4.99. The van der Waals surface area contributed by atoms with Crippen molar-refractivity contribution in [3.63, 3.8) is 0 Å². The molecule has 1 aromatic carbocycles. The highest BCUT2D eigenvalue weighted by atomic mass is 32.1. The van der Waals surface area contributed by atoms with Crippen LogP contribution in [0.1, 0.15) is 27.2 Å². The molecule has 154 valence electrons. The number of anilines is 1. The highest BCUT2D eigenvalue weighted by molar-refractivity contribution is 7.12. The van der Waals surface area contributed by atoms with E-state index in [1.54, 1.807) is 6.07 Å². The van der Waals surface area contributed by atoms with E-state index >= 15 is 0 Å². The van der Waals surface area contributed by atoms with Crippen molar-refractivity contribution in [2.45, 2.75) is 20.3 Å². The number of benzene rings is 1. The van der Waals surface area contributed by atoms with E-state index in [1.165, 1.54) is 11.3 Å². The smallest absolute Gasteiger partial charge is 0.325 e. The molecule has 29 heavy (non-hydrogen) atoms. The van der Waals surface area contributed by atoms with Crippen molar-refractivity contribution in [2.24, 2.45) is 0 Å². The Morgan fingerprint density at radius 1 is 1.03 bits per heavy atom. The Bertz CT molecular complexity index is 882. The number of thiophene rings is 1. The van der Waals surface area contributed by atoms with Crippen LogP contribution in [0.2, 0.25) is 0 Å². The normalized spacial score (nSPS) is 14.9. The minimum absolute atomic E-state index is 0.0408. The van der Waals surface area contributed by atoms with Crippen LogP contribution in [0, 0.1) is 13.8 Å². The highest BCUT2D eigenvalue weighted by Gasteiger charge is 2.22. The van der Waals surface area contributed by atoms with Crippen molar-refractivity contribution in [3.05, 3.63) is 51.7 Å². The zero-order chi connectivity index (χ0) is 20.8. The summed E-state index contributed by atoms with van der Waals surface area (Å²) in [4.78, 5) is 41.4. The molecule has 0 aliphatic carbocycles. The molecule has 0 bridgehead atoms. The van der Waals surface area contributed by atoms with Crippen molar-refractivity contribution in [2.75, 3.05) is 38.0 Å². The molecule has 1 aliphatic rings. The van der Waals surface area contributed by atoms with Gasteiger partial charge in [-0.3, -0.25) is 19.8 Å². The number of hydrogen-bond acceptors (Lipinski definition) is 5. The van der Waals surface area contributed by atoms with Crippen LogP contribution in [-0.4, -0.2) is 60.4 Å². The van der Waals surface area contributed by atoms with Gasteiger partial charge < -0.3 is 10.2 Å². The number of hydrogen-bond donors (Lipinski definition) is 2. The molecule has 0 atom stereocenters. The first kappa shape index (κ1) is 21.0. The molecule has 1 saturated heterocycles. The summed E-state index contributed by atoms with van der Waals surface area (Å²) >= 11 is 1.44. The molecule has 0 spiro atoms. The number of nitrogens with one attached hydrogen (secondary N) is 2. The Balaban J connectivity index is 1.46. The van der Waals surface area contributed by atoms with Crippen LogP contribution in [0.15, 0.2) is 35.7 Å². The topological polar surface area (TPSA) is 81.8 Å². The van der Waals surface area contributed by atoms with Crippen molar-refractivity contribution >= 4 is 34.9 Å². The summed E-state index contributed by atoms with van der Waals surface area (Å²) in [6, 6.07) is 8.76. The molecule has 2 aromatic rings. The van der Waals surface area contributed by atoms with Crippen LogP contribution in [-0.2, 0) is 4.79 Å². The third-order valence-corrected chi connectivity index (χ3v) is 5.85. The molecule has 7 nitrogen and oxygen atoms in total. The van der Waals surface area contributed by atoms with Crippen molar-refractivity contribution in [1.82, 2.24) is 15.1 Å². The third kappa shape index (κ3) is 5.88. The largest absolute Gasteiger partial charge is 0.337 e. The van der Waals surface area contributed by atoms with E-state index in [1.807, 2.05) is 53.3 Å². The van der Waals surface area contributed by atoms with E-state index in [0.29, 0.717) is 31.9 Å². The molecule has 3 rings (SSSR count). The van der Waals surface area contributed by atoms with E-state index < -0.39 is 6.03 Å². The summed E-state index contributed by atoms with van der Waals surface area (Å²) in [5.41, 5.74) is 2.86. The quantitative estimate of drug-likeness (QED) is 0.806. The van der Waals surface area contributed by atoms with Crippen LogP contribution in [0.4, 0.5) is 10.5 Å². The second-order valence-electron chi connectivity index (χ2n) is 7.20. The van der Waals surface area contributed by atoms with Gasteiger partial charge in [0, 0.05) is 31.9 Å². The summed E-state index contributed by atoms with van der Waals surface area (Å²) in [7, 11) is 0. The lowest BCUT2D eigenvalue weighted by Gasteiger charge is -2.21. The maximum absolute atomic E-state index is 12.5. The summed E-state index contributed by atoms with van der Waals surface area (Å²) < 4.78 is 0. The standard InChI is InChI=1S/C21H26N4O3S/c1-15-6-7-17(13-16(15)2)22-21(28)23-19(26)14-24-8-4-9-25(11-10-24)20(27)18-5-3-12-29-18/h3,5-7,12-13H,4,8-11,14H2,1-2H3,(H2,22,23,26,28). The van der Waals surface area contributed by atoms with Gasteiger partial charge in [0.15, 0.2) is 0 Å². The van der Waals surface area contributed by atoms with Gasteiger partial charge in [0.1, 0.15) is 0 Å². The average molecular weight is 415 g/mol. The second kappa shape index (κ2) is 9.67. The monoisotopic (exact) mass is 414 g/mol. The number of carbonyl (C=O) groups is 3. The Hall–Kier alpha value is -2.71. The number of nitrogens with zero attached hydrogens (tertiary/aromatic N) is 2. The van der Waals surface area contributed by atoms with Crippen LogP contribution in [0.5, 0.6) is 0 Å². The first-order chi connectivity index (χ1) is 13.9. The number of imide groups is 1. The van der Waals surface area contributed by atoms with E-state index in [4.69, 9.17) is 0 Å². The fourth-order valence-electron chi connectivity index (χ4n) is 3.24. The molecule has 0 saturated carbocycles. The van der Waals surface area contributed by atoms with Gasteiger partial charge in [-0.05, 0) is 55.0 Å². The SMILES string of the molecule is Cc1ccc(NC(=O)NC(=O)CN2CCCN(C(=O)c3cccs3)CC2)cc1C. The Labute approximate surface area is 174 Å². The summed E-state index contributed by atoms with van der Waals surface area (Å²) in [6.07, 6.45) is 0.791. The van der Waals surface area contributed by atoms with E-state index in [2.05, 4.69) is 10.6 Å². The van der Waals surface area contributed by atoms with Crippen molar-refractivity contribution < 1.29 is 14.4 Å². The first-order valence-electron chi connectivity index (χ1n) is 9.65. The number of carbonyl (C=O) groups excluding carboxylic acids is 3. The molecule has 1 aromatic heterocycles. The van der Waals surface area contributed by atoms with Gasteiger partial charge >= 0.3 is 6.03 Å². The summed E-state index contributed by atoms with van der Waals surface area (Å²) in [5.74, 6) is -0.316. The molecule has 8 heteroatoms. The van der Waals surface area contributed by atoms with Gasteiger partial charge in [-0.25, -0.2) is 4.79 Å². The number of amides is 4. The molecular weight excluding hydrogens is 388 g/mol. The van der Waals surface area contributed by atoms with Crippen LogP contribution >= 0.6 is 11.3 Å². The molecular formula is C21H26N4O3S. The zero-order valence-corrected chi connectivity index (χ0v) is 17.6. The number of rotatable bonds is 4. The Morgan fingerprint density at radius 2 is 1.86 bits per heavy atom. The van der Waals surface area contributed by atoms with Crippen LogP contribution < -0.4 is 10.6 Å². The van der Waals surface area contributed by atoms with Crippen molar-refractivity contribution in [1.29, 1.82) is 0 Å². The van der Waals surface area contributed by atoms with Crippen LogP contribution in [0.3, 0.4) is 0 Å². The number of aryl methyl sites for hydroxylation is 2. The van der Waals surface area contributed by atoms with Crippen LogP contribution in [0.25, 0.3) is 0 Å². The van der Waals surface area contributed by atoms with Gasteiger partial charge in [0.2, 0.25) is 5.91 Å². The molecule has 1 fully saturated rings. The van der Waals surface area contributed by atoms with Gasteiger partial charge in [-0.1, -0.05) is 12.1 Å². The summed E-state index contributed by atoms with van der Waals surface area (Å²) in [5, 5.41) is 6.96. The minimum atomic E-state index is -0.539. The lowest BCUT2D eigenvalue weighted by molar-refractivity contribution is -0.121. The lowest BCUT2D eigenvalue weighted by atomic mass is 10.1. The molecule has 0 radical (unpaired) electrons. The fraction of sp³-hybridized carbons (Fsp3) is 0.381. The summed E-state index contributed by atoms with van der Waals surface area (Å²) in [6.45, 7) is 6.64. The predicted octanol–water partition coefficient (Wildman–Crippen LogP) is 2.86. The molecule has 4 amide bonds. The maximum atomic E-state index is 12.5. The van der Waals surface area contributed by atoms with E-state index in [0.717, 1.165) is 22.4 Å². The first-order valence-corrected chi connectivity index (χ1v) is 10.5. The molecule has 2 heterocycles. The number of urea groups is 1. The van der Waals surface area contributed by atoms with Gasteiger partial charge in [0.05, 0.1) is 11.4 Å². The zero-order valence-electron chi connectivity index (χ0n) is 16.7. The molecule has 1 aliphatic heterocycles. The van der Waals surface area contributed by atoms with E-state index in [-0.39, 0.29) is 18.4 Å². The Morgan fingerprint density at radius 3 is 2.59 bits per heavy atom. The second-order valence-corrected chi connectivity index (χ2v) is 8.15. The molecule has 2 N–H and O–H groups in total. The fourth-order valence-corrected chi connectivity index (χ4v) is 3.93.